The molecule has 1 aromatic carbocycles. The number of nitro benzene ring substituents is 1. The molecule has 0 spiro atoms. The van der Waals surface area contributed by atoms with Crippen LogP contribution < -0.4 is 4.90 Å². The predicted molar refractivity (Wildman–Crippen MR) is 98.5 cm³/mol. The topological polar surface area (TPSA) is 83.8 Å². The Labute approximate surface area is 153 Å². The Morgan fingerprint density at radius 2 is 1.73 bits per heavy atom. The smallest absolute Gasteiger partial charge is 0.293 e. The monoisotopic (exact) mass is 359 g/mol. The van der Waals surface area contributed by atoms with Crippen molar-refractivity contribution in [1.82, 2.24) is 4.90 Å². The zero-order valence-corrected chi connectivity index (χ0v) is 15.1. The number of anilines is 1. The molecular formula is C19H25N3O4. The number of likely N-dealkylation sites (tertiary alicyclic amines) is 1. The number of amides is 1. The third-order valence-electron chi connectivity index (χ3n) is 5.43. The molecule has 0 saturated carbocycles. The number of nitro groups is 1. The molecular weight excluding hydrogens is 334 g/mol. The van der Waals surface area contributed by atoms with Gasteiger partial charge in [0.25, 0.3) is 5.69 Å². The van der Waals surface area contributed by atoms with Crippen molar-refractivity contribution in [2.75, 3.05) is 31.1 Å². The molecule has 0 N–H and O–H groups in total. The molecule has 0 aliphatic carbocycles. The summed E-state index contributed by atoms with van der Waals surface area (Å²) in [5.74, 6) is 0.0659. The van der Waals surface area contributed by atoms with Crippen LogP contribution in [0.4, 0.5) is 11.4 Å². The molecule has 7 nitrogen and oxygen atoms in total. The van der Waals surface area contributed by atoms with Crippen molar-refractivity contribution in [2.24, 2.45) is 5.92 Å². The molecule has 0 radical (unpaired) electrons. The Bertz CT molecular complexity index is 705. The molecule has 7 heteroatoms. The lowest BCUT2D eigenvalue weighted by Crippen LogP contribution is -2.44. The van der Waals surface area contributed by atoms with Crippen LogP contribution in [0.15, 0.2) is 18.2 Å². The first-order chi connectivity index (χ1) is 12.5. The molecule has 3 rings (SSSR count). The van der Waals surface area contributed by atoms with Crippen molar-refractivity contribution in [2.45, 2.75) is 39.0 Å². The van der Waals surface area contributed by atoms with Crippen LogP contribution in [0.5, 0.6) is 0 Å². The van der Waals surface area contributed by atoms with E-state index in [2.05, 4.69) is 0 Å². The number of nitrogens with zero attached hydrogens (tertiary/aromatic N) is 3. The SMILES string of the molecule is CC(=O)c1ccc(N2CCC(C(=O)N3CCCCC3)CC2)c([N+](=O)[O-])c1. The molecule has 2 aliphatic rings. The van der Waals surface area contributed by atoms with Crippen molar-refractivity contribution >= 4 is 23.1 Å². The van der Waals surface area contributed by atoms with Gasteiger partial charge in [-0.15, -0.1) is 0 Å². The van der Waals surface area contributed by atoms with Crippen molar-refractivity contribution in [3.8, 4) is 0 Å². The molecule has 2 saturated heterocycles. The highest BCUT2D eigenvalue weighted by Gasteiger charge is 2.31. The van der Waals surface area contributed by atoms with Crippen LogP contribution in [0.1, 0.15) is 49.4 Å². The largest absolute Gasteiger partial charge is 0.366 e. The molecule has 1 amide bonds. The summed E-state index contributed by atoms with van der Waals surface area (Å²) in [5, 5.41) is 11.4. The normalized spacial score (nSPS) is 18.7. The van der Waals surface area contributed by atoms with Gasteiger partial charge in [-0.2, -0.15) is 0 Å². The molecule has 2 fully saturated rings. The first kappa shape index (κ1) is 18.4. The number of carbonyl (C=O) groups excluding carboxylic acids is 2. The van der Waals surface area contributed by atoms with Gasteiger partial charge >= 0.3 is 0 Å². The molecule has 0 bridgehead atoms. The van der Waals surface area contributed by atoms with Crippen LogP contribution >= 0.6 is 0 Å². The lowest BCUT2D eigenvalue weighted by molar-refractivity contribution is -0.384. The number of hydrogen-bond donors (Lipinski definition) is 0. The van der Waals surface area contributed by atoms with Crippen LogP contribution in [-0.2, 0) is 4.79 Å². The lowest BCUT2D eigenvalue weighted by Gasteiger charge is -2.36. The van der Waals surface area contributed by atoms with Crippen LogP contribution in [-0.4, -0.2) is 47.7 Å². The Balaban J connectivity index is 1.68. The Morgan fingerprint density at radius 3 is 2.31 bits per heavy atom. The maximum Gasteiger partial charge on any atom is 0.293 e. The number of rotatable bonds is 4. The molecule has 0 atom stereocenters. The number of benzene rings is 1. The van der Waals surface area contributed by atoms with Crippen molar-refractivity contribution in [3.63, 3.8) is 0 Å². The highest BCUT2D eigenvalue weighted by molar-refractivity contribution is 5.95. The van der Waals surface area contributed by atoms with Gasteiger partial charge < -0.3 is 9.80 Å². The molecule has 2 heterocycles. The van der Waals surface area contributed by atoms with Crippen LogP contribution in [0.3, 0.4) is 0 Å². The average molecular weight is 359 g/mol. The van der Waals surface area contributed by atoms with E-state index >= 15 is 0 Å². The van der Waals surface area contributed by atoms with Gasteiger partial charge in [-0.05, 0) is 51.2 Å². The first-order valence-electron chi connectivity index (χ1n) is 9.30. The lowest BCUT2D eigenvalue weighted by atomic mass is 9.93. The minimum Gasteiger partial charge on any atom is -0.366 e. The van der Waals surface area contributed by atoms with E-state index in [1.807, 2.05) is 9.80 Å². The summed E-state index contributed by atoms with van der Waals surface area (Å²) in [6.07, 6.45) is 4.78. The minimum atomic E-state index is -0.438. The third-order valence-corrected chi connectivity index (χ3v) is 5.43. The van der Waals surface area contributed by atoms with Gasteiger partial charge in [0.2, 0.25) is 5.91 Å². The van der Waals surface area contributed by atoms with Gasteiger partial charge in [-0.1, -0.05) is 0 Å². The van der Waals surface area contributed by atoms with Gasteiger partial charge in [0, 0.05) is 43.7 Å². The fraction of sp³-hybridized carbons (Fsp3) is 0.579. The van der Waals surface area contributed by atoms with Crippen molar-refractivity contribution in [3.05, 3.63) is 33.9 Å². The van der Waals surface area contributed by atoms with Crippen LogP contribution in [0.2, 0.25) is 0 Å². The number of carbonyl (C=O) groups is 2. The highest BCUT2D eigenvalue weighted by atomic mass is 16.6. The van der Waals surface area contributed by atoms with E-state index in [4.69, 9.17) is 0 Å². The summed E-state index contributed by atoms with van der Waals surface area (Å²) in [4.78, 5) is 39.1. The maximum atomic E-state index is 12.7. The van der Waals surface area contributed by atoms with E-state index in [0.717, 1.165) is 25.9 Å². The summed E-state index contributed by atoms with van der Waals surface area (Å²) < 4.78 is 0. The fourth-order valence-corrected chi connectivity index (χ4v) is 3.90. The predicted octanol–water partition coefficient (Wildman–Crippen LogP) is 3.03. The van der Waals surface area contributed by atoms with E-state index in [0.29, 0.717) is 37.2 Å². The summed E-state index contributed by atoms with van der Waals surface area (Å²) in [6.45, 7) is 4.35. The van der Waals surface area contributed by atoms with E-state index in [1.54, 1.807) is 12.1 Å². The second-order valence-electron chi connectivity index (χ2n) is 7.16. The summed E-state index contributed by atoms with van der Waals surface area (Å²) >= 11 is 0. The number of piperidine rings is 2. The van der Waals surface area contributed by atoms with Crippen LogP contribution in [0.25, 0.3) is 0 Å². The highest BCUT2D eigenvalue weighted by Crippen LogP contribution is 2.33. The summed E-state index contributed by atoms with van der Waals surface area (Å²) in [6, 6.07) is 4.64. The minimum absolute atomic E-state index is 0.0138. The standard InChI is InChI=1S/C19H25N3O4/c1-14(23)16-5-6-17(18(13-16)22(25)26)20-11-7-15(8-12-20)19(24)21-9-3-2-4-10-21/h5-6,13,15H,2-4,7-12H2,1H3. The van der Waals surface area contributed by atoms with Gasteiger partial charge in [-0.3, -0.25) is 19.7 Å². The molecule has 26 heavy (non-hydrogen) atoms. The van der Waals surface area contributed by atoms with Crippen molar-refractivity contribution in [1.29, 1.82) is 0 Å². The first-order valence-corrected chi connectivity index (χ1v) is 9.30. The molecule has 140 valence electrons. The van der Waals surface area contributed by atoms with Crippen LogP contribution in [0, 0.1) is 16.0 Å². The van der Waals surface area contributed by atoms with E-state index in [9.17, 15) is 19.7 Å². The maximum absolute atomic E-state index is 12.7. The van der Waals surface area contributed by atoms with Gasteiger partial charge in [0.15, 0.2) is 5.78 Å². The number of Topliss-reactive ketones (excluding diaryl/α,β-unsaturated/α-hetero) is 1. The summed E-state index contributed by atoms with van der Waals surface area (Å²) in [5.41, 5.74) is 0.831. The summed E-state index contributed by atoms with van der Waals surface area (Å²) in [7, 11) is 0. The Hall–Kier alpha value is -2.44. The second-order valence-corrected chi connectivity index (χ2v) is 7.16. The van der Waals surface area contributed by atoms with E-state index in [1.165, 1.54) is 19.4 Å². The average Bonchev–Trinajstić information content (AvgIpc) is 2.67. The number of hydrogen-bond acceptors (Lipinski definition) is 5. The second kappa shape index (κ2) is 7.85. The molecule has 1 aromatic rings. The van der Waals surface area contributed by atoms with Crippen molar-refractivity contribution < 1.29 is 14.5 Å². The van der Waals surface area contributed by atoms with Gasteiger partial charge in [-0.25, -0.2) is 0 Å². The number of ketones is 1. The van der Waals surface area contributed by atoms with E-state index < -0.39 is 4.92 Å². The zero-order valence-electron chi connectivity index (χ0n) is 15.1. The molecule has 0 unspecified atom stereocenters. The Morgan fingerprint density at radius 1 is 1.08 bits per heavy atom. The molecule has 2 aliphatic heterocycles. The van der Waals surface area contributed by atoms with E-state index in [-0.39, 0.29) is 23.3 Å². The quantitative estimate of drug-likeness (QED) is 0.469. The zero-order chi connectivity index (χ0) is 18.7. The van der Waals surface area contributed by atoms with Gasteiger partial charge in [0.1, 0.15) is 5.69 Å². The third kappa shape index (κ3) is 3.86. The fourth-order valence-electron chi connectivity index (χ4n) is 3.90. The molecule has 0 aromatic heterocycles. The van der Waals surface area contributed by atoms with Gasteiger partial charge in [0.05, 0.1) is 4.92 Å². The Kier molecular flexibility index (Phi) is 5.54.